The first-order valence-electron chi connectivity index (χ1n) is 19.8. The summed E-state index contributed by atoms with van der Waals surface area (Å²) < 4.78 is 54.0. The molecular weight excluding hydrogens is 851 g/mol. The third-order valence-electron chi connectivity index (χ3n) is 8.97. The fraction of sp³-hybridized carbons (Fsp3) is 0.676. The molecule has 1 aromatic rings. The highest BCUT2D eigenvalue weighted by Crippen LogP contribution is 2.44. The van der Waals surface area contributed by atoms with Gasteiger partial charge in [0.05, 0.1) is 71.8 Å². The third-order valence-corrected chi connectivity index (χ3v) is 9.90. The smallest absolute Gasteiger partial charge is 0.460 e. The Morgan fingerprint density at radius 1 is 0.839 bits per heavy atom. The molecule has 25 heteroatoms. The van der Waals surface area contributed by atoms with Gasteiger partial charge in [-0.15, -0.1) is 0 Å². The quantitative estimate of drug-likeness (QED) is 0.0165. The minimum absolute atomic E-state index is 0.00121. The number of imide groups is 1. The number of anilines is 1. The van der Waals surface area contributed by atoms with Crippen LogP contribution in [0.3, 0.4) is 0 Å². The monoisotopic (exact) mass is 908 g/mol. The lowest BCUT2D eigenvalue weighted by molar-refractivity contribution is -0.277. The normalized spacial score (nSPS) is 22.3. The van der Waals surface area contributed by atoms with E-state index in [4.69, 9.17) is 32.9 Å². The summed E-state index contributed by atoms with van der Waals surface area (Å²) in [6, 6.07) is 3.95. The molecule has 5 amide bonds. The van der Waals surface area contributed by atoms with Gasteiger partial charge in [-0.25, -0.2) is 4.57 Å². The van der Waals surface area contributed by atoms with Gasteiger partial charge in [0.1, 0.15) is 43.1 Å². The summed E-state index contributed by atoms with van der Waals surface area (Å²) in [6.07, 6.45) is -7.81. The fourth-order valence-electron chi connectivity index (χ4n) is 5.67. The second-order valence-electron chi connectivity index (χ2n) is 13.8. The summed E-state index contributed by atoms with van der Waals surface area (Å²) >= 11 is 0. The van der Waals surface area contributed by atoms with Crippen LogP contribution in [0.25, 0.3) is 0 Å². The number of aliphatic hydroxyl groups excluding tert-OH is 4. The molecule has 8 N–H and O–H groups in total. The SMILES string of the molecule is CC1CC(=O)N(CCC(=O)NCCOCCOCCOCCOCCC(=O)NCCC(=O)Nc2cc(COP(=O)(O)OCC=O)ccc2O[C@@H]2O[C@H](CO)[C@H](O)[C@H](O)[C@H]2O)C1=O. The molecule has 2 fully saturated rings. The van der Waals surface area contributed by atoms with Gasteiger partial charge < -0.3 is 74.5 Å². The number of phosphoric ester groups is 1. The van der Waals surface area contributed by atoms with Crippen LogP contribution >= 0.6 is 7.82 Å². The largest absolute Gasteiger partial charge is 0.472 e. The molecule has 350 valence electrons. The van der Waals surface area contributed by atoms with Gasteiger partial charge in [0.25, 0.3) is 0 Å². The lowest BCUT2D eigenvalue weighted by Crippen LogP contribution is -2.60. The Balaban J connectivity index is 1.26. The Labute approximate surface area is 357 Å². The third kappa shape index (κ3) is 18.8. The lowest BCUT2D eigenvalue weighted by atomic mass is 9.99. The van der Waals surface area contributed by atoms with E-state index in [2.05, 4.69) is 20.5 Å². The number of aldehydes is 1. The van der Waals surface area contributed by atoms with E-state index in [1.165, 1.54) is 18.2 Å². The molecule has 2 heterocycles. The van der Waals surface area contributed by atoms with E-state index in [9.17, 15) is 58.7 Å². The highest BCUT2D eigenvalue weighted by molar-refractivity contribution is 7.47. The van der Waals surface area contributed by atoms with Crippen molar-refractivity contribution >= 4 is 49.3 Å². The second kappa shape index (κ2) is 27.9. The van der Waals surface area contributed by atoms with Gasteiger partial charge in [-0.2, -0.15) is 0 Å². The number of benzene rings is 1. The van der Waals surface area contributed by atoms with Crippen molar-refractivity contribution < 1.29 is 96.1 Å². The number of carbonyl (C=O) groups excluding carboxylic acids is 6. The summed E-state index contributed by atoms with van der Waals surface area (Å²) in [4.78, 5) is 82.1. The topological polar surface area (TPSA) is 334 Å². The van der Waals surface area contributed by atoms with E-state index in [0.29, 0.717) is 26.4 Å². The van der Waals surface area contributed by atoms with Crippen molar-refractivity contribution in [3.63, 3.8) is 0 Å². The lowest BCUT2D eigenvalue weighted by Gasteiger charge is -2.39. The van der Waals surface area contributed by atoms with Gasteiger partial charge in [0, 0.05) is 51.2 Å². The number of nitrogens with one attached hydrogen (secondary N) is 3. The number of phosphoric acid groups is 1. The van der Waals surface area contributed by atoms with Crippen LogP contribution in [0.1, 0.15) is 38.2 Å². The number of amides is 5. The van der Waals surface area contributed by atoms with E-state index in [1.54, 1.807) is 6.92 Å². The zero-order chi connectivity index (χ0) is 45.5. The van der Waals surface area contributed by atoms with Gasteiger partial charge in [0.2, 0.25) is 35.8 Å². The number of ether oxygens (including phenoxy) is 6. The Morgan fingerprint density at radius 2 is 1.47 bits per heavy atom. The number of aliphatic hydroxyl groups is 4. The van der Waals surface area contributed by atoms with Gasteiger partial charge in [-0.3, -0.25) is 37.9 Å². The van der Waals surface area contributed by atoms with Crippen LogP contribution < -0.4 is 20.7 Å². The Kier molecular flexibility index (Phi) is 23.6. The summed E-state index contributed by atoms with van der Waals surface area (Å²) in [5.41, 5.74) is 0.173. The minimum Gasteiger partial charge on any atom is -0.460 e. The van der Waals surface area contributed by atoms with Crippen LogP contribution in [-0.2, 0) is 72.7 Å². The van der Waals surface area contributed by atoms with Crippen molar-refractivity contribution in [3.05, 3.63) is 23.8 Å². The maximum atomic E-state index is 12.9. The average molecular weight is 909 g/mol. The van der Waals surface area contributed by atoms with E-state index in [1.807, 2.05) is 0 Å². The van der Waals surface area contributed by atoms with Crippen LogP contribution in [-0.4, -0.2) is 182 Å². The Bertz CT molecular complexity index is 1650. The number of hydrogen-bond acceptors (Lipinski definition) is 19. The molecule has 0 saturated carbocycles. The molecule has 0 aromatic heterocycles. The van der Waals surface area contributed by atoms with Gasteiger partial charge in [-0.05, 0) is 17.7 Å². The first-order chi connectivity index (χ1) is 29.6. The highest BCUT2D eigenvalue weighted by Gasteiger charge is 2.45. The van der Waals surface area contributed by atoms with E-state index in [0.717, 1.165) is 4.90 Å². The standard InChI is InChI=1S/C37H57N4O20P/c1-24-20-32(47)41(36(24)51)9-5-29(44)39-8-12-55-15-17-57-19-18-56-16-14-54-11-6-30(45)38-7-4-31(46)40-26-21-25(23-59-62(52,53)58-13-10-42)2-3-27(26)60-37-35(50)34(49)33(48)28(22-43)61-37/h2-3,10,21,24,28,33-35,37,43,48-50H,4-9,11-20,22-23H2,1H3,(H,38,45)(H,39,44)(H,40,46)(H,52,53)/t24?,28-,33+,34+,35-,37-/m1/s1. The molecule has 1 aromatic carbocycles. The Morgan fingerprint density at radius 3 is 2.10 bits per heavy atom. The summed E-state index contributed by atoms with van der Waals surface area (Å²) in [7, 11) is -4.61. The van der Waals surface area contributed by atoms with Crippen LogP contribution in [0.5, 0.6) is 5.75 Å². The molecule has 0 spiro atoms. The van der Waals surface area contributed by atoms with Crippen LogP contribution in [0, 0.1) is 5.92 Å². The molecule has 3 rings (SSSR count). The molecule has 0 aliphatic carbocycles. The number of rotatable bonds is 31. The number of hydrogen-bond donors (Lipinski definition) is 8. The molecule has 2 aliphatic rings. The zero-order valence-electron chi connectivity index (χ0n) is 34.3. The maximum absolute atomic E-state index is 12.9. The first kappa shape index (κ1) is 52.3. The highest BCUT2D eigenvalue weighted by atomic mass is 31.2. The molecule has 24 nitrogen and oxygen atoms in total. The van der Waals surface area contributed by atoms with Crippen molar-refractivity contribution in [1.29, 1.82) is 0 Å². The molecular formula is C37H57N4O20P. The van der Waals surface area contributed by atoms with Crippen molar-refractivity contribution in [2.75, 3.05) is 91.0 Å². The molecule has 62 heavy (non-hydrogen) atoms. The second-order valence-corrected chi connectivity index (χ2v) is 15.2. The predicted molar refractivity (Wildman–Crippen MR) is 210 cm³/mol. The van der Waals surface area contributed by atoms with Crippen molar-refractivity contribution in [2.45, 2.75) is 69.9 Å². The molecule has 0 bridgehead atoms. The van der Waals surface area contributed by atoms with E-state index >= 15 is 0 Å². The number of carbonyl (C=O) groups is 6. The predicted octanol–water partition coefficient (Wildman–Crippen LogP) is -2.50. The van der Waals surface area contributed by atoms with Gasteiger partial charge in [0.15, 0.2) is 0 Å². The van der Waals surface area contributed by atoms with Crippen LogP contribution in [0.4, 0.5) is 5.69 Å². The minimum atomic E-state index is -4.61. The van der Waals surface area contributed by atoms with Crippen LogP contribution in [0.15, 0.2) is 18.2 Å². The summed E-state index contributed by atoms with van der Waals surface area (Å²) in [5, 5.41) is 48.0. The molecule has 7 atom stereocenters. The number of nitrogens with zero attached hydrogens (tertiary/aromatic N) is 1. The molecule has 2 unspecified atom stereocenters. The van der Waals surface area contributed by atoms with E-state index < -0.39 is 70.2 Å². The van der Waals surface area contributed by atoms with Gasteiger partial charge >= 0.3 is 7.82 Å². The number of likely N-dealkylation sites (tertiary alicyclic amines) is 1. The van der Waals surface area contributed by atoms with Crippen LogP contribution in [0.2, 0.25) is 0 Å². The molecule has 2 saturated heterocycles. The zero-order valence-corrected chi connectivity index (χ0v) is 35.2. The summed E-state index contributed by atoms with van der Waals surface area (Å²) in [5.74, 6) is -2.26. The van der Waals surface area contributed by atoms with Gasteiger partial charge in [-0.1, -0.05) is 13.0 Å². The maximum Gasteiger partial charge on any atom is 0.472 e. The molecule has 0 radical (unpaired) electrons. The van der Waals surface area contributed by atoms with E-state index in [-0.39, 0.29) is 119 Å². The van der Waals surface area contributed by atoms with Crippen molar-refractivity contribution in [2.24, 2.45) is 5.92 Å². The first-order valence-corrected chi connectivity index (χ1v) is 21.3. The summed E-state index contributed by atoms with van der Waals surface area (Å²) in [6.45, 7) is 2.05. The van der Waals surface area contributed by atoms with Crippen molar-refractivity contribution in [1.82, 2.24) is 15.5 Å². The fourth-order valence-corrected chi connectivity index (χ4v) is 6.30. The molecule has 2 aliphatic heterocycles. The Hall–Kier alpha value is -4.01. The average Bonchev–Trinajstić information content (AvgIpc) is 3.49. The van der Waals surface area contributed by atoms with Crippen molar-refractivity contribution in [3.8, 4) is 5.75 Å².